The summed E-state index contributed by atoms with van der Waals surface area (Å²) in [7, 11) is -0.817. The average Bonchev–Trinajstić information content (AvgIpc) is 2.55. The lowest BCUT2D eigenvalue weighted by atomic mass is 10.1. The van der Waals surface area contributed by atoms with Gasteiger partial charge in [-0.25, -0.2) is 13.1 Å². The largest absolute Gasteiger partial charge is 0.495 e. The number of aryl methyl sites for hydroxylation is 1. The maximum Gasteiger partial charge on any atom is 0.255 e. The molecule has 24 heavy (non-hydrogen) atoms. The minimum atomic E-state index is -3.63. The van der Waals surface area contributed by atoms with Gasteiger partial charge in [0, 0.05) is 11.3 Å². The number of methoxy groups -OCH3 is 1. The quantitative estimate of drug-likeness (QED) is 0.849. The van der Waals surface area contributed by atoms with Crippen LogP contribution < -0.4 is 14.8 Å². The molecule has 0 unspecified atom stereocenters. The topological polar surface area (TPSA) is 84.5 Å². The van der Waals surface area contributed by atoms with Crippen LogP contribution in [0.15, 0.2) is 41.3 Å². The summed E-state index contributed by atoms with van der Waals surface area (Å²) in [6.07, 6.45) is 0. The van der Waals surface area contributed by atoms with Crippen LogP contribution in [0.4, 0.5) is 5.69 Å². The number of nitrogens with one attached hydrogen (secondary N) is 2. The third-order valence-corrected chi connectivity index (χ3v) is 5.15. The van der Waals surface area contributed by atoms with Gasteiger partial charge in [0.25, 0.3) is 5.91 Å². The number of hydrogen-bond acceptors (Lipinski definition) is 4. The van der Waals surface area contributed by atoms with Crippen molar-refractivity contribution in [3.63, 3.8) is 0 Å². The number of ether oxygens (including phenoxy) is 1. The highest BCUT2D eigenvalue weighted by molar-refractivity contribution is 7.89. The van der Waals surface area contributed by atoms with Gasteiger partial charge in [-0.1, -0.05) is 17.7 Å². The first-order valence-electron chi connectivity index (χ1n) is 6.97. The van der Waals surface area contributed by atoms with Crippen LogP contribution in [0.5, 0.6) is 5.75 Å². The molecule has 128 valence electrons. The Bertz CT molecular complexity index is 882. The monoisotopic (exact) mass is 368 g/mol. The molecule has 0 spiro atoms. The number of carbonyl (C=O) groups is 1. The summed E-state index contributed by atoms with van der Waals surface area (Å²) in [5.74, 6) is 0.0647. The van der Waals surface area contributed by atoms with Crippen molar-refractivity contribution in [1.82, 2.24) is 4.72 Å². The highest BCUT2D eigenvalue weighted by Crippen LogP contribution is 2.27. The van der Waals surface area contributed by atoms with Gasteiger partial charge in [-0.05, 0) is 49.9 Å². The van der Waals surface area contributed by atoms with E-state index < -0.39 is 15.9 Å². The SMILES string of the molecule is CNS(=O)(=O)c1ccc(C)c(C(=O)Nc2ccc(OC)c(Cl)c2)c1. The molecule has 0 saturated carbocycles. The van der Waals surface area contributed by atoms with Crippen molar-refractivity contribution in [2.24, 2.45) is 0 Å². The zero-order valence-corrected chi connectivity index (χ0v) is 15.0. The molecule has 0 heterocycles. The van der Waals surface area contributed by atoms with Crippen LogP contribution in [0.2, 0.25) is 5.02 Å². The molecule has 0 aliphatic carbocycles. The van der Waals surface area contributed by atoms with Gasteiger partial charge in [0.1, 0.15) is 5.75 Å². The van der Waals surface area contributed by atoms with Gasteiger partial charge in [-0.2, -0.15) is 0 Å². The Labute approximate surface area is 145 Å². The lowest BCUT2D eigenvalue weighted by molar-refractivity contribution is 0.102. The third kappa shape index (κ3) is 3.87. The highest BCUT2D eigenvalue weighted by atomic mass is 35.5. The van der Waals surface area contributed by atoms with Crippen molar-refractivity contribution in [1.29, 1.82) is 0 Å². The molecule has 0 saturated heterocycles. The molecule has 8 heteroatoms. The first kappa shape index (κ1) is 18.3. The van der Waals surface area contributed by atoms with Crippen LogP contribution in [-0.4, -0.2) is 28.5 Å². The molecular formula is C16H17ClN2O4S. The van der Waals surface area contributed by atoms with E-state index in [1.54, 1.807) is 31.2 Å². The van der Waals surface area contributed by atoms with Crippen LogP contribution in [0.3, 0.4) is 0 Å². The molecule has 0 aliphatic rings. The normalized spacial score (nSPS) is 11.2. The molecule has 2 rings (SSSR count). The van der Waals surface area contributed by atoms with Gasteiger partial charge >= 0.3 is 0 Å². The Morgan fingerprint density at radius 3 is 2.46 bits per heavy atom. The van der Waals surface area contributed by atoms with E-state index in [1.165, 1.54) is 26.3 Å². The predicted octanol–water partition coefficient (Wildman–Crippen LogP) is 2.82. The number of amides is 1. The first-order valence-corrected chi connectivity index (χ1v) is 8.83. The minimum absolute atomic E-state index is 0.0218. The third-order valence-electron chi connectivity index (χ3n) is 3.44. The maximum absolute atomic E-state index is 12.5. The second-order valence-corrected chi connectivity index (χ2v) is 7.28. The summed E-state index contributed by atoms with van der Waals surface area (Å²) >= 11 is 6.03. The van der Waals surface area contributed by atoms with E-state index in [9.17, 15) is 13.2 Å². The molecule has 0 atom stereocenters. The van der Waals surface area contributed by atoms with E-state index in [-0.39, 0.29) is 10.5 Å². The summed E-state index contributed by atoms with van der Waals surface area (Å²) in [6, 6.07) is 9.20. The van der Waals surface area contributed by atoms with Crippen molar-refractivity contribution in [3.05, 3.63) is 52.5 Å². The smallest absolute Gasteiger partial charge is 0.255 e. The Hall–Kier alpha value is -2.09. The van der Waals surface area contributed by atoms with Crippen molar-refractivity contribution in [2.75, 3.05) is 19.5 Å². The summed E-state index contributed by atoms with van der Waals surface area (Å²) < 4.78 is 31.1. The van der Waals surface area contributed by atoms with Crippen LogP contribution in [0.1, 0.15) is 15.9 Å². The van der Waals surface area contributed by atoms with Gasteiger partial charge < -0.3 is 10.1 Å². The Kier molecular flexibility index (Phi) is 5.48. The highest BCUT2D eigenvalue weighted by Gasteiger charge is 2.17. The number of carbonyl (C=O) groups excluding carboxylic acids is 1. The van der Waals surface area contributed by atoms with Gasteiger partial charge in [-0.3, -0.25) is 4.79 Å². The number of hydrogen-bond donors (Lipinski definition) is 2. The van der Waals surface area contributed by atoms with Crippen molar-refractivity contribution in [2.45, 2.75) is 11.8 Å². The maximum atomic E-state index is 12.5. The van der Waals surface area contributed by atoms with E-state index in [1.807, 2.05) is 0 Å². The number of benzene rings is 2. The van der Waals surface area contributed by atoms with E-state index in [4.69, 9.17) is 16.3 Å². The van der Waals surface area contributed by atoms with Crippen molar-refractivity contribution < 1.29 is 17.9 Å². The molecule has 0 bridgehead atoms. The lowest BCUT2D eigenvalue weighted by Crippen LogP contribution is -2.20. The van der Waals surface area contributed by atoms with Gasteiger partial charge in [0.05, 0.1) is 17.0 Å². The second kappa shape index (κ2) is 7.21. The van der Waals surface area contributed by atoms with Gasteiger partial charge in [0.15, 0.2) is 0 Å². The Morgan fingerprint density at radius 2 is 1.88 bits per heavy atom. The van der Waals surface area contributed by atoms with Crippen LogP contribution >= 0.6 is 11.6 Å². The van der Waals surface area contributed by atoms with E-state index in [2.05, 4.69) is 10.0 Å². The zero-order valence-electron chi connectivity index (χ0n) is 13.4. The fourth-order valence-electron chi connectivity index (χ4n) is 2.07. The standard InChI is InChI=1S/C16H17ClN2O4S/c1-10-4-6-12(24(21,22)18-2)9-13(10)16(20)19-11-5-7-15(23-3)14(17)8-11/h4-9,18H,1-3H3,(H,19,20). The summed E-state index contributed by atoms with van der Waals surface area (Å²) in [5, 5.41) is 3.05. The number of halogens is 1. The van der Waals surface area contributed by atoms with Crippen LogP contribution in [-0.2, 0) is 10.0 Å². The summed E-state index contributed by atoms with van der Waals surface area (Å²) in [4.78, 5) is 12.5. The molecule has 2 N–H and O–H groups in total. The number of anilines is 1. The second-order valence-electron chi connectivity index (χ2n) is 4.99. The molecule has 0 radical (unpaired) electrons. The van der Waals surface area contributed by atoms with E-state index >= 15 is 0 Å². The number of rotatable bonds is 5. The average molecular weight is 369 g/mol. The lowest BCUT2D eigenvalue weighted by Gasteiger charge is -2.11. The zero-order chi connectivity index (χ0) is 17.9. The molecule has 2 aromatic rings. The molecule has 1 amide bonds. The Balaban J connectivity index is 2.33. The predicted molar refractivity (Wildman–Crippen MR) is 93.4 cm³/mol. The fourth-order valence-corrected chi connectivity index (χ4v) is 3.09. The molecule has 0 fully saturated rings. The number of sulfonamides is 1. The summed E-state index contributed by atoms with van der Waals surface area (Å²) in [5.41, 5.74) is 1.40. The molecule has 2 aromatic carbocycles. The van der Waals surface area contributed by atoms with Crippen LogP contribution in [0, 0.1) is 6.92 Å². The van der Waals surface area contributed by atoms with E-state index in [0.717, 1.165) is 0 Å². The van der Waals surface area contributed by atoms with E-state index in [0.29, 0.717) is 22.0 Å². The molecule has 6 nitrogen and oxygen atoms in total. The van der Waals surface area contributed by atoms with Crippen molar-refractivity contribution in [3.8, 4) is 5.75 Å². The molecular weight excluding hydrogens is 352 g/mol. The summed E-state index contributed by atoms with van der Waals surface area (Å²) in [6.45, 7) is 1.73. The van der Waals surface area contributed by atoms with Gasteiger partial charge in [-0.15, -0.1) is 0 Å². The minimum Gasteiger partial charge on any atom is -0.495 e. The van der Waals surface area contributed by atoms with Crippen LogP contribution in [0.25, 0.3) is 0 Å². The van der Waals surface area contributed by atoms with Crippen molar-refractivity contribution >= 4 is 33.2 Å². The molecule has 0 aromatic heterocycles. The first-order chi connectivity index (χ1) is 11.3. The Morgan fingerprint density at radius 1 is 1.17 bits per heavy atom. The fraction of sp³-hybridized carbons (Fsp3) is 0.188. The molecule has 0 aliphatic heterocycles. The van der Waals surface area contributed by atoms with Gasteiger partial charge in [0.2, 0.25) is 10.0 Å².